The molecule has 0 saturated carbocycles. The highest BCUT2D eigenvalue weighted by Gasteiger charge is 2.29. The quantitative estimate of drug-likeness (QED) is 0.106. The second-order valence-corrected chi connectivity index (χ2v) is 12.0. The van der Waals surface area contributed by atoms with Gasteiger partial charge in [-0.25, -0.2) is 13.1 Å². The molecule has 0 aromatic heterocycles. The Hall–Kier alpha value is -4.55. The van der Waals surface area contributed by atoms with E-state index in [4.69, 9.17) is 16.9 Å². The van der Waals surface area contributed by atoms with Gasteiger partial charge in [0, 0.05) is 18.5 Å². The molecule has 0 aliphatic rings. The summed E-state index contributed by atoms with van der Waals surface area (Å²) in [6.45, 7) is 1.83. The average molecular weight is 607 g/mol. The number of sulfonamides is 1. The molecular formula is C31H38N6O5S. The molecule has 3 rings (SSSR count). The van der Waals surface area contributed by atoms with E-state index in [0.717, 1.165) is 16.7 Å². The Bertz CT molecular complexity index is 1510. The molecule has 11 nitrogen and oxygen atoms in total. The van der Waals surface area contributed by atoms with Crippen LogP contribution in [-0.2, 0) is 37.4 Å². The minimum atomic E-state index is -3.79. The second kappa shape index (κ2) is 15.6. The fraction of sp³-hybridized carbons (Fsp3) is 0.290. The van der Waals surface area contributed by atoms with Gasteiger partial charge in [-0.2, -0.15) is 0 Å². The maximum absolute atomic E-state index is 13.5. The maximum Gasteiger partial charge on any atom is 0.242 e. The van der Waals surface area contributed by atoms with Gasteiger partial charge in [-0.15, -0.1) is 0 Å². The highest BCUT2D eigenvalue weighted by molar-refractivity contribution is 7.89. The van der Waals surface area contributed by atoms with Gasteiger partial charge in [0.15, 0.2) is 0 Å². The van der Waals surface area contributed by atoms with Crippen LogP contribution in [0.2, 0.25) is 0 Å². The van der Waals surface area contributed by atoms with E-state index in [1.807, 2.05) is 54.6 Å². The lowest BCUT2D eigenvalue weighted by Crippen LogP contribution is -2.54. The molecule has 0 bridgehead atoms. The van der Waals surface area contributed by atoms with Crippen molar-refractivity contribution in [2.75, 3.05) is 5.75 Å². The predicted octanol–water partition coefficient (Wildman–Crippen LogP) is 1.94. The van der Waals surface area contributed by atoms with Crippen LogP contribution in [0.15, 0.2) is 78.9 Å². The topological polar surface area (TPSA) is 197 Å². The molecule has 0 spiro atoms. The van der Waals surface area contributed by atoms with Gasteiger partial charge in [0.25, 0.3) is 0 Å². The molecule has 3 aromatic carbocycles. The van der Waals surface area contributed by atoms with E-state index in [2.05, 4.69) is 15.4 Å². The van der Waals surface area contributed by atoms with Crippen molar-refractivity contribution in [3.63, 3.8) is 0 Å². The van der Waals surface area contributed by atoms with Crippen LogP contribution in [-0.4, -0.2) is 49.8 Å². The highest BCUT2D eigenvalue weighted by atomic mass is 32.2. The molecular weight excluding hydrogens is 568 g/mol. The zero-order valence-electron chi connectivity index (χ0n) is 24.0. The molecule has 2 atom stereocenters. The molecule has 12 heteroatoms. The Morgan fingerprint density at radius 2 is 1.42 bits per heavy atom. The summed E-state index contributed by atoms with van der Waals surface area (Å²) in [5, 5.41) is 12.8. The minimum absolute atomic E-state index is 0.0382. The van der Waals surface area contributed by atoms with Crippen molar-refractivity contribution < 1.29 is 22.8 Å². The first kappa shape index (κ1) is 33.0. The molecule has 0 aliphatic heterocycles. The molecule has 3 aromatic rings. The van der Waals surface area contributed by atoms with Crippen molar-refractivity contribution >= 4 is 33.6 Å². The normalized spacial score (nSPS) is 12.6. The van der Waals surface area contributed by atoms with Gasteiger partial charge in [0.1, 0.15) is 17.9 Å². The van der Waals surface area contributed by atoms with Gasteiger partial charge in [-0.3, -0.25) is 19.8 Å². The molecule has 43 heavy (non-hydrogen) atoms. The summed E-state index contributed by atoms with van der Waals surface area (Å²) in [5.74, 6) is -2.17. The lowest BCUT2D eigenvalue weighted by molar-refractivity contribution is -0.130. The largest absolute Gasteiger partial charge is 0.384 e. The number of rotatable bonds is 16. The third-order valence-corrected chi connectivity index (χ3v) is 8.25. The van der Waals surface area contributed by atoms with Crippen LogP contribution in [0.25, 0.3) is 11.1 Å². The van der Waals surface area contributed by atoms with E-state index in [1.165, 1.54) is 0 Å². The lowest BCUT2D eigenvalue weighted by atomic mass is 10.0. The SMILES string of the molecule is CCCS(=O)(=O)N[C@H](Cc1ccc(-c2ccccc2)cc1)C(=O)N[C@@H](CCC(N)=O)C(=O)NCc1ccc(C(=N)N)cc1. The van der Waals surface area contributed by atoms with Crippen molar-refractivity contribution in [2.24, 2.45) is 11.5 Å². The fourth-order valence-corrected chi connectivity index (χ4v) is 5.65. The average Bonchev–Trinajstić information content (AvgIpc) is 2.98. The van der Waals surface area contributed by atoms with Crippen LogP contribution in [0.5, 0.6) is 0 Å². The van der Waals surface area contributed by atoms with Gasteiger partial charge in [-0.05, 0) is 41.5 Å². The maximum atomic E-state index is 13.5. The Kier molecular flexibility index (Phi) is 12.0. The van der Waals surface area contributed by atoms with Crippen LogP contribution < -0.4 is 26.8 Å². The van der Waals surface area contributed by atoms with Crippen LogP contribution >= 0.6 is 0 Å². The zero-order chi connectivity index (χ0) is 31.4. The van der Waals surface area contributed by atoms with E-state index in [-0.39, 0.29) is 37.4 Å². The van der Waals surface area contributed by atoms with Crippen LogP contribution in [0.4, 0.5) is 0 Å². The van der Waals surface area contributed by atoms with Crippen LogP contribution in [0, 0.1) is 5.41 Å². The standard InChI is InChI=1S/C31H38N6O5S/c1-2-18-43(41,42)37-27(19-21-8-12-24(13-9-21)23-6-4-3-5-7-23)31(40)36-26(16-17-28(32)38)30(39)35-20-22-10-14-25(15-11-22)29(33)34/h3-15,26-27,37H,2,16-20H2,1H3,(H2,32,38)(H3,33,34)(H,35,39)(H,36,40)/t26-,27+/m0/s1. The number of nitrogen functional groups attached to an aromatic ring is 1. The molecule has 0 heterocycles. The molecule has 8 N–H and O–H groups in total. The number of hydrogen-bond donors (Lipinski definition) is 6. The van der Waals surface area contributed by atoms with Crippen LogP contribution in [0.3, 0.4) is 0 Å². The first-order chi connectivity index (χ1) is 20.5. The van der Waals surface area contributed by atoms with Crippen molar-refractivity contribution in [3.8, 4) is 11.1 Å². The fourth-order valence-electron chi connectivity index (χ4n) is 4.37. The van der Waals surface area contributed by atoms with Gasteiger partial charge in [-0.1, -0.05) is 85.8 Å². The first-order valence-corrected chi connectivity index (χ1v) is 15.6. The number of nitrogens with one attached hydrogen (secondary N) is 4. The van der Waals surface area contributed by atoms with Crippen molar-refractivity contribution in [1.29, 1.82) is 5.41 Å². The number of amides is 3. The number of nitrogens with two attached hydrogens (primary N) is 2. The van der Waals surface area contributed by atoms with E-state index >= 15 is 0 Å². The number of primary amides is 1. The summed E-state index contributed by atoms with van der Waals surface area (Å²) >= 11 is 0. The number of amidine groups is 1. The molecule has 3 amide bonds. The molecule has 0 aliphatic carbocycles. The Balaban J connectivity index is 1.76. The van der Waals surface area contributed by atoms with Gasteiger partial charge >= 0.3 is 0 Å². The predicted molar refractivity (Wildman–Crippen MR) is 166 cm³/mol. The Morgan fingerprint density at radius 1 is 0.814 bits per heavy atom. The molecule has 0 fully saturated rings. The smallest absolute Gasteiger partial charge is 0.242 e. The lowest BCUT2D eigenvalue weighted by Gasteiger charge is -2.23. The number of carbonyl (C=O) groups excluding carboxylic acids is 3. The second-order valence-electron chi connectivity index (χ2n) is 10.2. The number of benzene rings is 3. The van der Waals surface area contributed by atoms with E-state index in [9.17, 15) is 22.8 Å². The van der Waals surface area contributed by atoms with E-state index in [1.54, 1.807) is 31.2 Å². The summed E-state index contributed by atoms with van der Waals surface area (Å²) in [4.78, 5) is 38.1. The van der Waals surface area contributed by atoms with Gasteiger partial charge in [0.05, 0.1) is 5.75 Å². The van der Waals surface area contributed by atoms with Crippen LogP contribution in [0.1, 0.15) is 42.9 Å². The van der Waals surface area contributed by atoms with Crippen molar-refractivity contribution in [3.05, 3.63) is 95.6 Å². The van der Waals surface area contributed by atoms with Crippen molar-refractivity contribution in [1.82, 2.24) is 15.4 Å². The molecule has 0 unspecified atom stereocenters. The monoisotopic (exact) mass is 606 g/mol. The third-order valence-electron chi connectivity index (χ3n) is 6.66. The third kappa shape index (κ3) is 10.7. The Labute approximate surface area is 252 Å². The van der Waals surface area contributed by atoms with Crippen molar-refractivity contribution in [2.45, 2.75) is 51.2 Å². The summed E-state index contributed by atoms with van der Waals surface area (Å²) in [7, 11) is -3.79. The molecule has 0 radical (unpaired) electrons. The summed E-state index contributed by atoms with van der Waals surface area (Å²) in [5.41, 5.74) is 14.7. The minimum Gasteiger partial charge on any atom is -0.384 e. The Morgan fingerprint density at radius 3 is 2.00 bits per heavy atom. The van der Waals surface area contributed by atoms with Gasteiger partial charge in [0.2, 0.25) is 27.7 Å². The van der Waals surface area contributed by atoms with E-state index in [0.29, 0.717) is 17.5 Å². The zero-order valence-corrected chi connectivity index (χ0v) is 24.8. The number of hydrogen-bond acceptors (Lipinski definition) is 6. The summed E-state index contributed by atoms with van der Waals surface area (Å²) in [6, 6.07) is 21.5. The summed E-state index contributed by atoms with van der Waals surface area (Å²) in [6.07, 6.45) is 0.151. The molecule has 228 valence electrons. The van der Waals surface area contributed by atoms with Gasteiger partial charge < -0.3 is 22.1 Å². The molecule has 0 saturated heterocycles. The van der Waals surface area contributed by atoms with E-state index < -0.39 is 39.8 Å². The first-order valence-electron chi connectivity index (χ1n) is 13.9. The number of carbonyl (C=O) groups is 3. The highest BCUT2D eigenvalue weighted by Crippen LogP contribution is 2.20. The summed E-state index contributed by atoms with van der Waals surface area (Å²) < 4.78 is 27.8.